The lowest BCUT2D eigenvalue weighted by Crippen LogP contribution is -2.05. The van der Waals surface area contributed by atoms with Crippen molar-refractivity contribution in [3.05, 3.63) is 56.2 Å². The van der Waals surface area contributed by atoms with Crippen LogP contribution in [0.2, 0.25) is 0 Å². The highest BCUT2D eigenvalue weighted by Gasteiger charge is 2.30. The molecule has 0 saturated carbocycles. The van der Waals surface area contributed by atoms with E-state index in [-0.39, 0.29) is 0 Å². The quantitative estimate of drug-likeness (QED) is 0.848. The summed E-state index contributed by atoms with van der Waals surface area (Å²) in [7, 11) is 0. The van der Waals surface area contributed by atoms with Crippen LogP contribution in [-0.2, 0) is 6.18 Å². The van der Waals surface area contributed by atoms with Gasteiger partial charge in [0.05, 0.1) is 10.4 Å². The molecule has 1 aromatic carbocycles. The lowest BCUT2D eigenvalue weighted by molar-refractivity contribution is -0.137. The zero-order valence-electron chi connectivity index (χ0n) is 8.91. The minimum absolute atomic E-state index is 0.436. The van der Waals surface area contributed by atoms with Crippen molar-refractivity contribution >= 4 is 27.3 Å². The van der Waals surface area contributed by atoms with Crippen molar-refractivity contribution < 1.29 is 18.3 Å². The molecule has 0 radical (unpaired) electrons. The summed E-state index contributed by atoms with van der Waals surface area (Å²) in [5.74, 6) is 0. The molecule has 6 heteroatoms. The highest BCUT2D eigenvalue weighted by atomic mass is 79.9. The van der Waals surface area contributed by atoms with Crippen LogP contribution in [0.4, 0.5) is 13.2 Å². The van der Waals surface area contributed by atoms with E-state index in [0.717, 1.165) is 16.6 Å². The molecule has 0 fully saturated rings. The topological polar surface area (TPSA) is 20.2 Å². The van der Waals surface area contributed by atoms with Crippen molar-refractivity contribution in [3.63, 3.8) is 0 Å². The Morgan fingerprint density at radius 2 is 1.72 bits per heavy atom. The van der Waals surface area contributed by atoms with E-state index in [1.54, 1.807) is 11.4 Å². The number of benzene rings is 1. The Balaban J connectivity index is 2.28. The van der Waals surface area contributed by atoms with Crippen LogP contribution in [0.1, 0.15) is 22.1 Å². The SMILES string of the molecule is OC(c1ccc(C(F)(F)F)cc1)c1sccc1Br. The number of aliphatic hydroxyl groups is 1. The molecule has 1 aromatic heterocycles. The molecule has 1 unspecified atom stereocenters. The number of rotatable bonds is 2. The Bertz CT molecular complexity index is 533. The Kier molecular flexibility index (Phi) is 3.79. The Labute approximate surface area is 114 Å². The predicted octanol–water partition coefficient (Wildman–Crippen LogP) is 4.61. The van der Waals surface area contributed by atoms with Crippen LogP contribution in [0.15, 0.2) is 40.2 Å². The van der Waals surface area contributed by atoms with E-state index in [9.17, 15) is 18.3 Å². The molecule has 0 spiro atoms. The number of aliphatic hydroxyl groups excluding tert-OH is 1. The summed E-state index contributed by atoms with van der Waals surface area (Å²) in [5, 5.41) is 11.9. The average molecular weight is 337 g/mol. The molecule has 96 valence electrons. The zero-order valence-corrected chi connectivity index (χ0v) is 11.3. The van der Waals surface area contributed by atoms with Gasteiger partial charge in [-0.15, -0.1) is 11.3 Å². The first-order chi connectivity index (χ1) is 8.39. The van der Waals surface area contributed by atoms with Gasteiger partial charge < -0.3 is 5.11 Å². The Morgan fingerprint density at radius 1 is 1.11 bits per heavy atom. The summed E-state index contributed by atoms with van der Waals surface area (Å²) < 4.78 is 37.9. The van der Waals surface area contributed by atoms with Crippen LogP contribution in [-0.4, -0.2) is 5.11 Å². The smallest absolute Gasteiger partial charge is 0.383 e. The normalized spacial score (nSPS) is 13.6. The van der Waals surface area contributed by atoms with Crippen LogP contribution >= 0.6 is 27.3 Å². The molecular weight excluding hydrogens is 329 g/mol. The minimum atomic E-state index is -4.35. The molecule has 0 saturated heterocycles. The van der Waals surface area contributed by atoms with Gasteiger partial charge in [-0.3, -0.25) is 0 Å². The van der Waals surface area contributed by atoms with Crippen molar-refractivity contribution in [1.82, 2.24) is 0 Å². The third-order valence-electron chi connectivity index (χ3n) is 2.45. The fraction of sp³-hybridized carbons (Fsp3) is 0.167. The third kappa shape index (κ3) is 2.76. The molecule has 0 amide bonds. The molecule has 0 aliphatic carbocycles. The third-order valence-corrected chi connectivity index (χ3v) is 4.37. The van der Waals surface area contributed by atoms with Crippen molar-refractivity contribution in [2.45, 2.75) is 12.3 Å². The van der Waals surface area contributed by atoms with Gasteiger partial charge in [-0.2, -0.15) is 13.2 Å². The molecule has 1 atom stereocenters. The molecule has 2 rings (SSSR count). The van der Waals surface area contributed by atoms with Gasteiger partial charge in [0, 0.05) is 4.47 Å². The fourth-order valence-corrected chi connectivity index (χ4v) is 3.11. The van der Waals surface area contributed by atoms with Gasteiger partial charge in [-0.05, 0) is 45.1 Å². The standard InChI is InChI=1S/C12H8BrF3OS/c13-9-5-6-18-11(9)10(17)7-1-3-8(4-2-7)12(14,15)16/h1-6,10,17H. The summed E-state index contributed by atoms with van der Waals surface area (Å²) in [5.41, 5.74) is -0.283. The molecule has 18 heavy (non-hydrogen) atoms. The number of hydrogen-bond acceptors (Lipinski definition) is 2. The van der Waals surface area contributed by atoms with Gasteiger partial charge in [-0.1, -0.05) is 12.1 Å². The van der Waals surface area contributed by atoms with E-state index in [0.29, 0.717) is 10.4 Å². The maximum absolute atomic E-state index is 12.4. The van der Waals surface area contributed by atoms with Crippen molar-refractivity contribution in [1.29, 1.82) is 0 Å². The molecular formula is C12H8BrF3OS. The summed E-state index contributed by atoms with van der Waals surface area (Å²) >= 11 is 4.62. The maximum atomic E-state index is 12.4. The average Bonchev–Trinajstić information content (AvgIpc) is 2.73. The van der Waals surface area contributed by atoms with E-state index in [2.05, 4.69) is 15.9 Å². The van der Waals surface area contributed by atoms with Gasteiger partial charge in [0.15, 0.2) is 0 Å². The number of alkyl halides is 3. The molecule has 2 aromatic rings. The monoisotopic (exact) mass is 336 g/mol. The van der Waals surface area contributed by atoms with E-state index in [4.69, 9.17) is 0 Å². The summed E-state index contributed by atoms with van der Waals surface area (Å²) in [4.78, 5) is 0.676. The van der Waals surface area contributed by atoms with Gasteiger partial charge in [0.2, 0.25) is 0 Å². The molecule has 1 nitrogen and oxygen atoms in total. The van der Waals surface area contributed by atoms with Crippen LogP contribution < -0.4 is 0 Å². The maximum Gasteiger partial charge on any atom is 0.416 e. The molecule has 1 N–H and O–H groups in total. The molecule has 0 bridgehead atoms. The molecule has 1 heterocycles. The lowest BCUT2D eigenvalue weighted by atomic mass is 10.1. The molecule has 0 aliphatic rings. The van der Waals surface area contributed by atoms with E-state index < -0.39 is 17.8 Å². The second-order valence-electron chi connectivity index (χ2n) is 3.66. The summed E-state index contributed by atoms with van der Waals surface area (Å²) in [6, 6.07) is 6.31. The first kappa shape index (κ1) is 13.6. The van der Waals surface area contributed by atoms with Gasteiger partial charge in [0.25, 0.3) is 0 Å². The Morgan fingerprint density at radius 3 is 2.17 bits per heavy atom. The summed E-state index contributed by atoms with van der Waals surface area (Å²) in [6.07, 6.45) is -5.27. The van der Waals surface area contributed by atoms with Crippen molar-refractivity contribution in [2.75, 3.05) is 0 Å². The highest BCUT2D eigenvalue weighted by molar-refractivity contribution is 9.10. The number of halogens is 4. The fourth-order valence-electron chi connectivity index (χ4n) is 1.51. The van der Waals surface area contributed by atoms with Gasteiger partial charge >= 0.3 is 6.18 Å². The second-order valence-corrected chi connectivity index (χ2v) is 5.46. The van der Waals surface area contributed by atoms with Crippen molar-refractivity contribution in [3.8, 4) is 0 Å². The van der Waals surface area contributed by atoms with Crippen molar-refractivity contribution in [2.24, 2.45) is 0 Å². The van der Waals surface area contributed by atoms with Crippen LogP contribution in [0.3, 0.4) is 0 Å². The number of thiophene rings is 1. The zero-order chi connectivity index (χ0) is 13.3. The first-order valence-corrected chi connectivity index (χ1v) is 6.65. The highest BCUT2D eigenvalue weighted by Crippen LogP contribution is 2.35. The van der Waals surface area contributed by atoms with E-state index in [1.807, 2.05) is 0 Å². The number of hydrogen-bond donors (Lipinski definition) is 1. The molecule has 0 aliphatic heterocycles. The predicted molar refractivity (Wildman–Crippen MR) is 67.5 cm³/mol. The van der Waals surface area contributed by atoms with Gasteiger partial charge in [0.1, 0.15) is 6.10 Å². The van der Waals surface area contributed by atoms with Crippen LogP contribution in [0.5, 0.6) is 0 Å². The first-order valence-electron chi connectivity index (χ1n) is 4.97. The summed E-state index contributed by atoms with van der Waals surface area (Å²) in [6.45, 7) is 0. The minimum Gasteiger partial charge on any atom is -0.383 e. The largest absolute Gasteiger partial charge is 0.416 e. The lowest BCUT2D eigenvalue weighted by Gasteiger charge is -2.12. The van der Waals surface area contributed by atoms with E-state index >= 15 is 0 Å². The van der Waals surface area contributed by atoms with E-state index in [1.165, 1.54) is 23.5 Å². The second kappa shape index (κ2) is 5.03. The van der Waals surface area contributed by atoms with Crippen LogP contribution in [0.25, 0.3) is 0 Å². The van der Waals surface area contributed by atoms with Crippen LogP contribution in [0, 0.1) is 0 Å². The Hall–Kier alpha value is -0.850. The van der Waals surface area contributed by atoms with Gasteiger partial charge in [-0.25, -0.2) is 0 Å².